The van der Waals surface area contributed by atoms with Crippen molar-refractivity contribution >= 4 is 17.5 Å². The van der Waals surface area contributed by atoms with E-state index >= 15 is 0 Å². The van der Waals surface area contributed by atoms with Gasteiger partial charge in [0.25, 0.3) is 0 Å². The Morgan fingerprint density at radius 3 is 2.68 bits per heavy atom. The maximum Gasteiger partial charge on any atom is 0.239 e. The molecule has 0 aromatic heterocycles. The number of amides is 2. The van der Waals surface area contributed by atoms with Crippen molar-refractivity contribution in [2.75, 3.05) is 24.7 Å². The number of nitrogens with one attached hydrogen (secondary N) is 1. The first-order valence-corrected chi connectivity index (χ1v) is 8.65. The van der Waals surface area contributed by atoms with E-state index in [2.05, 4.69) is 11.4 Å². The van der Waals surface area contributed by atoms with Gasteiger partial charge in [-0.15, -0.1) is 0 Å². The van der Waals surface area contributed by atoms with Crippen LogP contribution in [0.1, 0.15) is 30.4 Å². The van der Waals surface area contributed by atoms with E-state index < -0.39 is 11.5 Å². The largest absolute Gasteiger partial charge is 0.381 e. The number of nitrogens with zero attached hydrogens (tertiary/aromatic N) is 2. The number of hydrogen-bond donors (Lipinski definition) is 1. The van der Waals surface area contributed by atoms with Gasteiger partial charge in [0.05, 0.1) is 6.07 Å². The van der Waals surface area contributed by atoms with Gasteiger partial charge in [-0.3, -0.25) is 9.59 Å². The molecule has 2 aliphatic heterocycles. The van der Waals surface area contributed by atoms with Crippen LogP contribution in [-0.4, -0.2) is 37.1 Å². The molecule has 0 aliphatic carbocycles. The number of aryl methyl sites for hydroxylation is 2. The van der Waals surface area contributed by atoms with Gasteiger partial charge in [-0.2, -0.15) is 5.26 Å². The fourth-order valence-corrected chi connectivity index (χ4v) is 3.38. The molecule has 132 valence electrons. The van der Waals surface area contributed by atoms with Crippen LogP contribution in [0.4, 0.5) is 5.69 Å². The zero-order valence-corrected chi connectivity index (χ0v) is 14.7. The molecule has 2 saturated heterocycles. The van der Waals surface area contributed by atoms with Gasteiger partial charge in [-0.05, 0) is 43.5 Å². The van der Waals surface area contributed by atoms with E-state index in [1.165, 1.54) is 5.56 Å². The lowest BCUT2D eigenvalue weighted by Gasteiger charge is -2.32. The minimum Gasteiger partial charge on any atom is -0.381 e. The average Bonchev–Trinajstić information content (AvgIpc) is 3.00. The average molecular weight is 341 g/mol. The maximum atomic E-state index is 12.7. The number of ether oxygens (including phenoxy) is 1. The Labute approximate surface area is 147 Å². The second-order valence-corrected chi connectivity index (χ2v) is 6.90. The highest BCUT2D eigenvalue weighted by atomic mass is 16.5. The van der Waals surface area contributed by atoms with Gasteiger partial charge < -0.3 is 15.0 Å². The Hall–Kier alpha value is -2.39. The van der Waals surface area contributed by atoms with E-state index in [4.69, 9.17) is 4.74 Å². The summed E-state index contributed by atoms with van der Waals surface area (Å²) in [4.78, 5) is 27.0. The molecule has 0 bridgehead atoms. The number of nitriles is 1. The fraction of sp³-hybridized carbons (Fsp3) is 0.526. The third kappa shape index (κ3) is 3.38. The summed E-state index contributed by atoms with van der Waals surface area (Å²) in [6, 6.07) is 8.08. The van der Waals surface area contributed by atoms with Gasteiger partial charge in [0.15, 0.2) is 0 Å². The maximum absolute atomic E-state index is 12.7. The van der Waals surface area contributed by atoms with Crippen molar-refractivity contribution in [1.29, 1.82) is 5.26 Å². The molecule has 0 radical (unpaired) electrons. The Bertz CT molecular complexity index is 732. The van der Waals surface area contributed by atoms with Crippen molar-refractivity contribution < 1.29 is 14.3 Å². The summed E-state index contributed by atoms with van der Waals surface area (Å²) in [7, 11) is 0. The van der Waals surface area contributed by atoms with Crippen LogP contribution in [0.5, 0.6) is 0 Å². The van der Waals surface area contributed by atoms with Crippen molar-refractivity contribution in [3.05, 3.63) is 29.3 Å². The SMILES string of the molecule is Cc1ccc(N2CC[C@H](C(=O)NC3(C#N)CCOCC3)C2=O)cc1C. The predicted molar refractivity (Wildman–Crippen MR) is 92.9 cm³/mol. The minimum absolute atomic E-state index is 0.194. The van der Waals surface area contributed by atoms with Crippen molar-refractivity contribution in [1.82, 2.24) is 5.32 Å². The number of hydrogen-bond acceptors (Lipinski definition) is 4. The third-order valence-electron chi connectivity index (χ3n) is 5.25. The van der Waals surface area contributed by atoms with E-state index in [0.717, 1.165) is 11.3 Å². The first-order chi connectivity index (χ1) is 12.0. The molecule has 2 aliphatic rings. The summed E-state index contributed by atoms with van der Waals surface area (Å²) in [5, 5.41) is 12.3. The normalized spacial score (nSPS) is 22.5. The predicted octanol–water partition coefficient (Wildman–Crippen LogP) is 1.85. The zero-order valence-electron chi connectivity index (χ0n) is 14.7. The first kappa shape index (κ1) is 17.4. The summed E-state index contributed by atoms with van der Waals surface area (Å²) < 4.78 is 5.27. The fourth-order valence-electron chi connectivity index (χ4n) is 3.38. The standard InChI is InChI=1S/C19H23N3O3/c1-13-3-4-15(11-14(13)2)22-8-5-16(18(22)24)17(23)21-19(12-20)6-9-25-10-7-19/h3-4,11,16H,5-10H2,1-2H3,(H,21,23)/t16-/m1/s1. The second kappa shape index (κ2) is 6.85. The molecule has 1 atom stereocenters. The van der Waals surface area contributed by atoms with Crippen molar-refractivity contribution in [2.24, 2.45) is 5.92 Å². The van der Waals surface area contributed by atoms with Crippen LogP contribution >= 0.6 is 0 Å². The molecule has 1 aromatic carbocycles. The number of anilines is 1. The Kier molecular flexibility index (Phi) is 4.78. The van der Waals surface area contributed by atoms with Gasteiger partial charge in [0, 0.05) is 38.3 Å². The van der Waals surface area contributed by atoms with Crippen LogP contribution in [-0.2, 0) is 14.3 Å². The number of carbonyl (C=O) groups is 2. The van der Waals surface area contributed by atoms with E-state index in [1.807, 2.05) is 32.0 Å². The van der Waals surface area contributed by atoms with Crippen LogP contribution in [0, 0.1) is 31.1 Å². The molecule has 0 spiro atoms. The van der Waals surface area contributed by atoms with E-state index in [1.54, 1.807) is 4.90 Å². The Morgan fingerprint density at radius 1 is 1.32 bits per heavy atom. The topological polar surface area (TPSA) is 82.4 Å². The lowest BCUT2D eigenvalue weighted by atomic mass is 9.90. The molecule has 1 N–H and O–H groups in total. The monoisotopic (exact) mass is 341 g/mol. The molecule has 2 fully saturated rings. The zero-order chi connectivity index (χ0) is 18.0. The highest BCUT2D eigenvalue weighted by Crippen LogP contribution is 2.28. The lowest BCUT2D eigenvalue weighted by Crippen LogP contribution is -2.53. The molecular formula is C19H23N3O3. The van der Waals surface area contributed by atoms with Crippen LogP contribution in [0.3, 0.4) is 0 Å². The smallest absolute Gasteiger partial charge is 0.239 e. The molecule has 3 rings (SSSR count). The summed E-state index contributed by atoms with van der Waals surface area (Å²) in [5.74, 6) is -1.27. The molecule has 6 nitrogen and oxygen atoms in total. The molecule has 0 saturated carbocycles. The summed E-state index contributed by atoms with van der Waals surface area (Å²) in [5.41, 5.74) is 2.19. The van der Waals surface area contributed by atoms with Crippen molar-refractivity contribution in [3.63, 3.8) is 0 Å². The molecule has 6 heteroatoms. The number of rotatable bonds is 3. The summed E-state index contributed by atoms with van der Waals surface area (Å²) in [6.45, 7) is 5.44. The van der Waals surface area contributed by atoms with Gasteiger partial charge in [-0.1, -0.05) is 6.07 Å². The van der Waals surface area contributed by atoms with Gasteiger partial charge in [0.2, 0.25) is 11.8 Å². The van der Waals surface area contributed by atoms with Crippen LogP contribution in [0.2, 0.25) is 0 Å². The van der Waals surface area contributed by atoms with Crippen LogP contribution in [0.15, 0.2) is 18.2 Å². The summed E-state index contributed by atoms with van der Waals surface area (Å²) in [6.07, 6.45) is 1.38. The molecule has 25 heavy (non-hydrogen) atoms. The second-order valence-electron chi connectivity index (χ2n) is 6.90. The van der Waals surface area contributed by atoms with Gasteiger partial charge >= 0.3 is 0 Å². The quantitative estimate of drug-likeness (QED) is 0.851. The molecule has 2 amide bonds. The Balaban J connectivity index is 1.72. The van der Waals surface area contributed by atoms with Crippen LogP contribution in [0.25, 0.3) is 0 Å². The molecule has 1 aromatic rings. The van der Waals surface area contributed by atoms with Crippen LogP contribution < -0.4 is 10.2 Å². The highest BCUT2D eigenvalue weighted by molar-refractivity contribution is 6.09. The highest BCUT2D eigenvalue weighted by Gasteiger charge is 2.42. The van der Waals surface area contributed by atoms with Crippen molar-refractivity contribution in [3.8, 4) is 6.07 Å². The first-order valence-electron chi connectivity index (χ1n) is 8.65. The van der Waals surface area contributed by atoms with Gasteiger partial charge in [-0.25, -0.2) is 0 Å². The minimum atomic E-state index is -0.913. The third-order valence-corrected chi connectivity index (χ3v) is 5.25. The molecule has 2 heterocycles. The summed E-state index contributed by atoms with van der Waals surface area (Å²) >= 11 is 0. The van der Waals surface area contributed by atoms with Gasteiger partial charge in [0.1, 0.15) is 11.5 Å². The van der Waals surface area contributed by atoms with E-state index in [-0.39, 0.29) is 11.8 Å². The lowest BCUT2D eigenvalue weighted by molar-refractivity contribution is -0.133. The Morgan fingerprint density at radius 2 is 2.04 bits per heavy atom. The van der Waals surface area contributed by atoms with E-state index in [0.29, 0.717) is 39.0 Å². The number of carbonyl (C=O) groups excluding carboxylic acids is 2. The number of benzene rings is 1. The molecule has 0 unspecified atom stereocenters. The van der Waals surface area contributed by atoms with E-state index in [9.17, 15) is 14.9 Å². The molecular weight excluding hydrogens is 318 g/mol. The van der Waals surface area contributed by atoms with Crippen molar-refractivity contribution in [2.45, 2.75) is 38.6 Å².